The number of carbonyl (C=O) groups is 5. The molecule has 0 aliphatic carbocycles. The zero-order valence-electron chi connectivity index (χ0n) is 36.4. The molecule has 0 bridgehead atoms. The highest BCUT2D eigenvalue weighted by Gasteiger charge is 2.42. The number of imide groups is 1. The maximum atomic E-state index is 16.0. The Hall–Kier alpha value is -6.46. The van der Waals surface area contributed by atoms with E-state index in [1.54, 1.807) is 24.0 Å². The van der Waals surface area contributed by atoms with Gasteiger partial charge in [-0.25, -0.2) is 14.4 Å². The lowest BCUT2D eigenvalue weighted by atomic mass is 9.89. The number of amides is 5. The first kappa shape index (κ1) is 43.8. The van der Waals surface area contributed by atoms with E-state index in [1.807, 2.05) is 46.7 Å². The van der Waals surface area contributed by atoms with Crippen LogP contribution in [0.15, 0.2) is 78.6 Å². The van der Waals surface area contributed by atoms with Crippen LogP contribution in [0.5, 0.6) is 0 Å². The number of nitrogens with one attached hydrogen (secondary N) is 3. The zero-order chi connectivity index (χ0) is 45.0. The number of anilines is 3. The highest BCUT2D eigenvalue weighted by atomic mass is 32.1. The summed E-state index contributed by atoms with van der Waals surface area (Å²) in [6, 6.07) is 18.5. The topological polar surface area (TPSA) is 165 Å². The van der Waals surface area contributed by atoms with E-state index in [1.165, 1.54) is 27.9 Å². The SMILES string of the molecule is CC(CCC(=O)NC=O)Nc1cccc(C2CCN(CC(=O)N3CCN(c4ccc(-c5cc(F)c6c(c5)C(=O)N(C(C(=O)Nc5nccs5)c5ncn7c5CCC7)C6)cc4)CC3)CC2)c1. The minimum absolute atomic E-state index is 0.0559. The lowest BCUT2D eigenvalue weighted by Gasteiger charge is -2.38. The first-order valence-corrected chi connectivity index (χ1v) is 23.3. The number of nitrogens with zero attached hydrogens (tertiary/aromatic N) is 7. The molecule has 338 valence electrons. The van der Waals surface area contributed by atoms with Gasteiger partial charge < -0.3 is 24.6 Å². The monoisotopic (exact) mass is 900 g/mol. The van der Waals surface area contributed by atoms with Crippen LogP contribution < -0.4 is 20.9 Å². The molecule has 2 fully saturated rings. The quantitative estimate of drug-likeness (QED) is 0.109. The maximum absolute atomic E-state index is 16.0. The average Bonchev–Trinajstić information content (AvgIpc) is 4.14. The zero-order valence-corrected chi connectivity index (χ0v) is 37.2. The predicted molar refractivity (Wildman–Crippen MR) is 246 cm³/mol. The molecule has 3 N–H and O–H groups in total. The van der Waals surface area contributed by atoms with Gasteiger partial charge >= 0.3 is 0 Å². The van der Waals surface area contributed by atoms with Crippen molar-refractivity contribution in [2.75, 3.05) is 61.3 Å². The molecule has 5 aromatic rings. The van der Waals surface area contributed by atoms with Crippen LogP contribution >= 0.6 is 11.3 Å². The average molecular weight is 901 g/mol. The van der Waals surface area contributed by atoms with Crippen molar-refractivity contribution in [2.45, 2.75) is 76.5 Å². The Balaban J connectivity index is 0.770. The largest absolute Gasteiger partial charge is 0.383 e. The van der Waals surface area contributed by atoms with E-state index in [9.17, 15) is 24.0 Å². The van der Waals surface area contributed by atoms with Crippen LogP contribution in [0.2, 0.25) is 0 Å². The molecule has 2 aromatic heterocycles. The van der Waals surface area contributed by atoms with Crippen LogP contribution in [0.25, 0.3) is 11.1 Å². The Kier molecular flexibility index (Phi) is 13.0. The Morgan fingerprint density at radius 3 is 2.51 bits per heavy atom. The number of imidazole rings is 1. The molecule has 6 heterocycles. The third-order valence-corrected chi connectivity index (χ3v) is 13.9. The molecule has 2 saturated heterocycles. The van der Waals surface area contributed by atoms with E-state index in [2.05, 4.69) is 53.9 Å². The molecule has 2 atom stereocenters. The summed E-state index contributed by atoms with van der Waals surface area (Å²) in [5.74, 6) is -1.09. The Bertz CT molecular complexity index is 2550. The second-order valence-corrected chi connectivity index (χ2v) is 18.3. The number of aromatic nitrogens is 3. The number of piperazine rings is 1. The van der Waals surface area contributed by atoms with Crippen LogP contribution in [0.1, 0.15) is 83.9 Å². The number of halogens is 1. The number of likely N-dealkylation sites (tertiary alicyclic amines) is 1. The van der Waals surface area contributed by atoms with Gasteiger partial charge in [-0.15, -0.1) is 11.3 Å². The molecule has 5 amide bonds. The fourth-order valence-electron chi connectivity index (χ4n) is 9.68. The van der Waals surface area contributed by atoms with Gasteiger partial charge in [-0.3, -0.25) is 39.5 Å². The number of fused-ring (bicyclic) bond motifs is 2. The highest BCUT2D eigenvalue weighted by molar-refractivity contribution is 7.13. The Morgan fingerprint density at radius 2 is 1.75 bits per heavy atom. The van der Waals surface area contributed by atoms with Crippen LogP contribution in [0, 0.1) is 5.82 Å². The van der Waals surface area contributed by atoms with E-state index in [0.717, 1.165) is 67.9 Å². The van der Waals surface area contributed by atoms with Gasteiger partial charge in [0.05, 0.1) is 25.1 Å². The lowest BCUT2D eigenvalue weighted by Crippen LogP contribution is -2.51. The van der Waals surface area contributed by atoms with Crippen LogP contribution in [0.4, 0.5) is 20.9 Å². The number of piperidine rings is 1. The summed E-state index contributed by atoms with van der Waals surface area (Å²) >= 11 is 1.28. The molecule has 0 radical (unpaired) electrons. The van der Waals surface area contributed by atoms with Gasteiger partial charge in [0.1, 0.15) is 5.82 Å². The molecule has 15 nitrogen and oxygen atoms in total. The molecule has 4 aliphatic heterocycles. The van der Waals surface area contributed by atoms with E-state index in [4.69, 9.17) is 0 Å². The van der Waals surface area contributed by atoms with Crippen molar-refractivity contribution in [1.82, 2.24) is 34.6 Å². The second-order valence-electron chi connectivity index (χ2n) is 17.4. The van der Waals surface area contributed by atoms with Crippen molar-refractivity contribution in [2.24, 2.45) is 0 Å². The second kappa shape index (κ2) is 19.3. The minimum Gasteiger partial charge on any atom is -0.383 e. The van der Waals surface area contributed by atoms with Crippen molar-refractivity contribution in [1.29, 1.82) is 0 Å². The molecule has 2 unspecified atom stereocenters. The van der Waals surface area contributed by atoms with Gasteiger partial charge in [-0.05, 0) is 111 Å². The molecule has 3 aromatic carbocycles. The van der Waals surface area contributed by atoms with Crippen molar-refractivity contribution < 1.29 is 28.4 Å². The Morgan fingerprint density at radius 1 is 0.954 bits per heavy atom. The summed E-state index contributed by atoms with van der Waals surface area (Å²) < 4.78 is 18.0. The Labute approximate surface area is 381 Å². The van der Waals surface area contributed by atoms with Gasteiger partial charge in [0.15, 0.2) is 11.2 Å². The van der Waals surface area contributed by atoms with Crippen LogP contribution in [0.3, 0.4) is 0 Å². The first-order chi connectivity index (χ1) is 31.6. The molecular formula is C48H53FN10O5S. The number of rotatable bonds is 15. The number of benzene rings is 3. The lowest BCUT2D eigenvalue weighted by molar-refractivity contribution is -0.133. The molecule has 17 heteroatoms. The van der Waals surface area contributed by atoms with Gasteiger partial charge in [0, 0.05) is 85.0 Å². The number of hydrogen-bond acceptors (Lipinski definition) is 11. The molecular weight excluding hydrogens is 848 g/mol. The molecule has 4 aliphatic rings. The smallest absolute Gasteiger partial charge is 0.255 e. The third kappa shape index (κ3) is 9.66. The number of carbonyl (C=O) groups excluding carboxylic acids is 5. The van der Waals surface area contributed by atoms with Crippen molar-refractivity contribution in [3.63, 3.8) is 0 Å². The van der Waals surface area contributed by atoms with Crippen molar-refractivity contribution in [3.8, 4) is 11.1 Å². The van der Waals surface area contributed by atoms with Gasteiger partial charge in [0.2, 0.25) is 18.2 Å². The number of aryl methyl sites for hydroxylation is 1. The first-order valence-electron chi connectivity index (χ1n) is 22.4. The standard InChI is InChI=1S/C48H53FN10O5S/c1-31(7-12-42(61)52-30-60)53-36-5-2-4-34(24-36)33-13-17-55(18-14-33)28-43(62)57-21-19-56(20-22-57)37-10-8-32(9-11-37)35-25-38-39(40(49)26-35)27-59(47(38)64)45(46(63)54-48-50-15-23-65-48)44-41-6-3-16-58(41)29-51-44/h2,4-5,8-11,15,23-26,29-31,33,45,53H,3,6-7,12-14,16-22,27-28H2,1H3,(H,50,54,63)(H,52,60,61). The van der Waals surface area contributed by atoms with E-state index in [-0.39, 0.29) is 41.9 Å². The molecule has 0 spiro atoms. The molecule has 9 rings (SSSR count). The molecule has 65 heavy (non-hydrogen) atoms. The third-order valence-electron chi connectivity index (χ3n) is 13.2. The summed E-state index contributed by atoms with van der Waals surface area (Å²) in [6.07, 6.45) is 8.20. The van der Waals surface area contributed by atoms with E-state index < -0.39 is 23.7 Å². The fourth-order valence-corrected chi connectivity index (χ4v) is 10.2. The highest BCUT2D eigenvalue weighted by Crippen LogP contribution is 2.38. The summed E-state index contributed by atoms with van der Waals surface area (Å²) in [5.41, 5.74) is 6.53. The van der Waals surface area contributed by atoms with E-state index >= 15 is 4.39 Å². The normalized spacial score (nSPS) is 17.4. The molecule has 0 saturated carbocycles. The number of hydrogen-bond donors (Lipinski definition) is 3. The fraction of sp³-hybridized carbons (Fsp3) is 0.396. The van der Waals surface area contributed by atoms with Gasteiger partial charge in [-0.2, -0.15) is 0 Å². The summed E-state index contributed by atoms with van der Waals surface area (Å²) in [4.78, 5) is 80.3. The van der Waals surface area contributed by atoms with Crippen molar-refractivity contribution >= 4 is 57.9 Å². The van der Waals surface area contributed by atoms with E-state index in [0.29, 0.717) is 67.9 Å². The summed E-state index contributed by atoms with van der Waals surface area (Å²) in [7, 11) is 0. The van der Waals surface area contributed by atoms with Crippen molar-refractivity contribution in [3.05, 3.63) is 112 Å². The van der Waals surface area contributed by atoms with Gasteiger partial charge in [0.25, 0.3) is 11.8 Å². The minimum atomic E-state index is -1.05. The summed E-state index contributed by atoms with van der Waals surface area (Å²) in [6.45, 7) is 7.49. The number of thiazole rings is 1. The predicted octanol–water partition coefficient (Wildman–Crippen LogP) is 5.81. The van der Waals surface area contributed by atoms with Gasteiger partial charge in [-0.1, -0.05) is 24.3 Å². The van der Waals surface area contributed by atoms with Crippen LogP contribution in [-0.2, 0) is 38.7 Å². The summed E-state index contributed by atoms with van der Waals surface area (Å²) in [5, 5.41) is 10.7. The van der Waals surface area contributed by atoms with Crippen LogP contribution in [-0.4, -0.2) is 111 Å². The maximum Gasteiger partial charge on any atom is 0.255 e.